The third-order valence-electron chi connectivity index (χ3n) is 6.91. The minimum atomic E-state index is -4.64. The lowest BCUT2D eigenvalue weighted by molar-refractivity contribution is -0.138. The molecule has 0 atom stereocenters. The molecule has 1 aromatic carbocycles. The maximum Gasteiger partial charge on any atom is 0.419 e. The third kappa shape index (κ3) is 4.87. The Hall–Kier alpha value is -4.19. The van der Waals surface area contributed by atoms with Gasteiger partial charge in [-0.15, -0.1) is 0 Å². The van der Waals surface area contributed by atoms with Gasteiger partial charge in [-0.3, -0.25) is 4.79 Å². The number of aryl methyl sites for hydroxylation is 1. The summed E-state index contributed by atoms with van der Waals surface area (Å²) in [5.41, 5.74) is 6.91. The number of carbonyl (C=O) groups excluding carboxylic acids is 1. The number of amides is 1. The first-order valence-corrected chi connectivity index (χ1v) is 12.4. The van der Waals surface area contributed by atoms with E-state index in [2.05, 4.69) is 20.4 Å². The molecule has 0 radical (unpaired) electrons. The van der Waals surface area contributed by atoms with Crippen molar-refractivity contribution in [1.82, 2.24) is 24.9 Å². The maximum atomic E-state index is 13.4. The highest BCUT2D eigenvalue weighted by molar-refractivity contribution is 5.81. The Kier molecular flexibility index (Phi) is 5.94. The van der Waals surface area contributed by atoms with Crippen molar-refractivity contribution in [2.24, 2.45) is 5.92 Å². The normalized spacial score (nSPS) is 16.6. The van der Waals surface area contributed by atoms with Crippen molar-refractivity contribution in [3.8, 4) is 28.3 Å². The number of ether oxygens (including phenoxy) is 2. The number of pyridine rings is 1. The fourth-order valence-corrected chi connectivity index (χ4v) is 4.55. The molecule has 0 spiro atoms. The van der Waals surface area contributed by atoms with Gasteiger partial charge in [0.05, 0.1) is 35.9 Å². The lowest BCUT2D eigenvalue weighted by atomic mass is 9.98. The number of benzene rings is 1. The van der Waals surface area contributed by atoms with Crippen LogP contribution in [0.4, 0.5) is 19.0 Å². The summed E-state index contributed by atoms with van der Waals surface area (Å²) < 4.78 is 53.1. The number of nitrogen functional groups attached to an aromatic ring is 1. The molecule has 1 amide bonds. The van der Waals surface area contributed by atoms with Gasteiger partial charge in [0, 0.05) is 23.2 Å². The zero-order chi connectivity index (χ0) is 27.4. The molecule has 1 aliphatic carbocycles. The fourth-order valence-electron chi connectivity index (χ4n) is 4.55. The first-order chi connectivity index (χ1) is 18.6. The van der Waals surface area contributed by atoms with Gasteiger partial charge in [0.15, 0.2) is 5.65 Å². The molecule has 12 heteroatoms. The minimum absolute atomic E-state index is 0.0530. The molecule has 2 aliphatic rings. The molecule has 202 valence electrons. The van der Waals surface area contributed by atoms with Gasteiger partial charge < -0.3 is 20.5 Å². The highest BCUT2D eigenvalue weighted by Gasteiger charge is 2.44. The summed E-state index contributed by atoms with van der Waals surface area (Å²) in [6.45, 7) is 2.82. The van der Waals surface area contributed by atoms with Gasteiger partial charge in [-0.05, 0) is 62.2 Å². The van der Waals surface area contributed by atoms with Crippen LogP contribution in [-0.4, -0.2) is 50.8 Å². The number of anilines is 1. The molecule has 39 heavy (non-hydrogen) atoms. The molecule has 9 nitrogen and oxygen atoms in total. The Morgan fingerprint density at radius 3 is 2.56 bits per heavy atom. The van der Waals surface area contributed by atoms with Crippen molar-refractivity contribution in [2.45, 2.75) is 31.5 Å². The number of hydrogen-bond acceptors (Lipinski definition) is 7. The average molecular weight is 539 g/mol. The number of imidazole rings is 1. The van der Waals surface area contributed by atoms with Crippen LogP contribution in [0.5, 0.6) is 5.75 Å². The van der Waals surface area contributed by atoms with E-state index in [1.807, 2.05) is 12.1 Å². The highest BCUT2D eigenvalue weighted by atomic mass is 19.4. The van der Waals surface area contributed by atoms with Gasteiger partial charge in [0.2, 0.25) is 5.91 Å². The second-order valence-corrected chi connectivity index (χ2v) is 10.0. The van der Waals surface area contributed by atoms with E-state index in [0.717, 1.165) is 24.5 Å². The monoisotopic (exact) mass is 538 g/mol. The van der Waals surface area contributed by atoms with Crippen LogP contribution in [0, 0.1) is 12.8 Å². The second kappa shape index (κ2) is 9.23. The molecular formula is C27H25F3N6O3. The highest BCUT2D eigenvalue weighted by Crippen LogP contribution is 2.36. The van der Waals surface area contributed by atoms with E-state index in [9.17, 15) is 18.0 Å². The number of fused-ring (bicyclic) bond motifs is 1. The number of alkyl halides is 3. The summed E-state index contributed by atoms with van der Waals surface area (Å²) in [4.78, 5) is 20.4. The molecule has 3 N–H and O–H groups in total. The summed E-state index contributed by atoms with van der Waals surface area (Å²) >= 11 is 0. The number of aromatic nitrogens is 4. The number of nitrogens with one attached hydrogen (secondary N) is 1. The molecule has 2 fully saturated rings. The maximum absolute atomic E-state index is 13.4. The number of nitrogens with two attached hydrogens (primary N) is 1. The van der Waals surface area contributed by atoms with Crippen molar-refractivity contribution < 1.29 is 27.4 Å². The topological polar surface area (TPSA) is 117 Å². The number of hydrogen-bond donors (Lipinski definition) is 2. The van der Waals surface area contributed by atoms with Crippen LogP contribution in [-0.2, 0) is 15.7 Å². The number of rotatable bonds is 7. The summed E-state index contributed by atoms with van der Waals surface area (Å²) in [5.74, 6) is 0.194. The lowest BCUT2D eigenvalue weighted by Crippen LogP contribution is -2.65. The van der Waals surface area contributed by atoms with Crippen molar-refractivity contribution in [3.05, 3.63) is 59.9 Å². The molecule has 3 aromatic heterocycles. The van der Waals surface area contributed by atoms with Crippen molar-refractivity contribution in [2.75, 3.05) is 25.6 Å². The molecule has 1 saturated carbocycles. The lowest BCUT2D eigenvalue weighted by Gasteiger charge is -2.41. The number of halogens is 3. The predicted molar refractivity (Wildman–Crippen MR) is 136 cm³/mol. The van der Waals surface area contributed by atoms with Gasteiger partial charge in [0.1, 0.15) is 23.7 Å². The Morgan fingerprint density at radius 2 is 1.92 bits per heavy atom. The van der Waals surface area contributed by atoms with Gasteiger partial charge in [-0.25, -0.2) is 14.5 Å². The molecule has 4 heterocycles. The van der Waals surface area contributed by atoms with Crippen LogP contribution in [0.1, 0.15) is 24.1 Å². The molecule has 1 aliphatic heterocycles. The van der Waals surface area contributed by atoms with Crippen LogP contribution in [0.15, 0.2) is 48.7 Å². The first-order valence-electron chi connectivity index (χ1n) is 12.4. The van der Waals surface area contributed by atoms with Gasteiger partial charge in [-0.1, -0.05) is 0 Å². The van der Waals surface area contributed by atoms with E-state index in [1.165, 1.54) is 10.7 Å². The van der Waals surface area contributed by atoms with E-state index in [0.29, 0.717) is 48.3 Å². The van der Waals surface area contributed by atoms with Crippen molar-refractivity contribution in [1.29, 1.82) is 0 Å². The average Bonchev–Trinajstić information content (AvgIpc) is 3.68. The van der Waals surface area contributed by atoms with Crippen LogP contribution >= 0.6 is 0 Å². The smallest absolute Gasteiger partial charge is 0.419 e. The third-order valence-corrected chi connectivity index (χ3v) is 6.91. The fraction of sp³-hybridized carbons (Fsp3) is 0.333. The van der Waals surface area contributed by atoms with Gasteiger partial charge in [0.25, 0.3) is 0 Å². The predicted octanol–water partition coefficient (Wildman–Crippen LogP) is 4.04. The molecule has 0 unspecified atom stereocenters. The Morgan fingerprint density at radius 1 is 1.18 bits per heavy atom. The summed E-state index contributed by atoms with van der Waals surface area (Å²) in [6.07, 6.45) is -1.50. The molecule has 6 rings (SSSR count). The van der Waals surface area contributed by atoms with E-state index >= 15 is 0 Å². The van der Waals surface area contributed by atoms with Crippen LogP contribution in [0.25, 0.3) is 28.2 Å². The SMILES string of the molecule is Cc1nc2ccc(-c3ccc(OCC4(NC(=O)C5CC5)COC4)cc3)nn2c1-c1cnc(N)c(C(F)(F)F)c1. The van der Waals surface area contributed by atoms with Crippen molar-refractivity contribution >= 4 is 17.4 Å². The van der Waals surface area contributed by atoms with Crippen LogP contribution in [0.2, 0.25) is 0 Å². The van der Waals surface area contributed by atoms with E-state index in [4.69, 9.17) is 15.2 Å². The van der Waals surface area contributed by atoms with E-state index in [-0.39, 0.29) is 17.4 Å². The summed E-state index contributed by atoms with van der Waals surface area (Å²) in [6, 6.07) is 11.8. The summed E-state index contributed by atoms with van der Waals surface area (Å²) in [7, 11) is 0. The Labute approximate surface area is 221 Å². The summed E-state index contributed by atoms with van der Waals surface area (Å²) in [5, 5.41) is 7.73. The molecular weight excluding hydrogens is 513 g/mol. The van der Waals surface area contributed by atoms with E-state index < -0.39 is 23.1 Å². The standard InChI is InChI=1S/C27H25F3N6O3/c1-15-23(18-10-20(27(28,29)30)24(31)32-11-18)36-22(33-15)9-8-21(35-36)16-4-6-19(7-5-16)39-14-26(12-38-13-26)34-25(37)17-2-3-17/h4-11,17H,2-3,12-14H2,1H3,(H2,31,32)(H,34,37). The van der Waals surface area contributed by atoms with Crippen molar-refractivity contribution in [3.63, 3.8) is 0 Å². The number of carbonyl (C=O) groups is 1. The Bertz CT molecular complexity index is 1560. The molecule has 0 bridgehead atoms. The first kappa shape index (κ1) is 25.1. The van der Waals surface area contributed by atoms with Gasteiger partial charge in [-0.2, -0.15) is 18.3 Å². The zero-order valence-electron chi connectivity index (χ0n) is 21.0. The second-order valence-electron chi connectivity index (χ2n) is 10.0. The van der Waals surface area contributed by atoms with Crippen LogP contribution < -0.4 is 15.8 Å². The number of nitrogens with zero attached hydrogens (tertiary/aromatic N) is 4. The zero-order valence-corrected chi connectivity index (χ0v) is 21.0. The quantitative estimate of drug-likeness (QED) is 0.365. The Balaban J connectivity index is 1.24. The van der Waals surface area contributed by atoms with E-state index in [1.54, 1.807) is 31.2 Å². The molecule has 4 aromatic rings. The molecule has 1 saturated heterocycles. The largest absolute Gasteiger partial charge is 0.491 e. The van der Waals surface area contributed by atoms with Gasteiger partial charge >= 0.3 is 6.18 Å². The minimum Gasteiger partial charge on any atom is -0.491 e. The van der Waals surface area contributed by atoms with Crippen LogP contribution in [0.3, 0.4) is 0 Å².